The lowest BCUT2D eigenvalue weighted by Crippen LogP contribution is -2.40. The fraction of sp³-hybridized carbons (Fsp3) is 0.467. The number of sulfonamides is 2. The maximum atomic E-state index is 13.3. The van der Waals surface area contributed by atoms with Crippen molar-refractivity contribution in [1.82, 2.24) is 23.8 Å². The molecular formula is C30H39N7O6S3. The summed E-state index contributed by atoms with van der Waals surface area (Å²) in [6, 6.07) is 12.7. The van der Waals surface area contributed by atoms with Crippen LogP contribution in [0, 0.1) is 0 Å². The molecule has 1 amide bonds. The van der Waals surface area contributed by atoms with Crippen molar-refractivity contribution in [2.45, 2.75) is 66.9 Å². The zero-order valence-electron chi connectivity index (χ0n) is 25.9. The Bertz CT molecular complexity index is 1790. The quantitative estimate of drug-likeness (QED) is 0.284. The average molecular weight is 690 g/mol. The lowest BCUT2D eigenvalue weighted by Gasteiger charge is -2.26. The summed E-state index contributed by atoms with van der Waals surface area (Å²) in [4.78, 5) is 17.5. The van der Waals surface area contributed by atoms with E-state index >= 15 is 0 Å². The molecule has 2 aliphatic heterocycles. The first-order chi connectivity index (χ1) is 22.1. The number of nitrogens with one attached hydrogen (secondary N) is 2. The van der Waals surface area contributed by atoms with Crippen LogP contribution in [0.15, 0.2) is 68.5 Å². The molecule has 16 heteroatoms. The Morgan fingerprint density at radius 1 is 1.00 bits per heavy atom. The highest BCUT2D eigenvalue weighted by molar-refractivity contribution is 7.99. The number of morpholine rings is 1. The highest BCUT2D eigenvalue weighted by Crippen LogP contribution is 2.31. The van der Waals surface area contributed by atoms with E-state index in [4.69, 9.17) is 4.74 Å². The van der Waals surface area contributed by atoms with Gasteiger partial charge in [-0.2, -0.15) is 4.31 Å². The van der Waals surface area contributed by atoms with Gasteiger partial charge in [0.1, 0.15) is 5.84 Å². The highest BCUT2D eigenvalue weighted by atomic mass is 32.2. The first-order valence-electron chi connectivity index (χ1n) is 15.3. The van der Waals surface area contributed by atoms with E-state index in [9.17, 15) is 21.6 Å². The standard InChI is InChI=1S/C30H39N7O6S3/c1-3-22(2)37-29(23-9-7-12-26(19-23)46(41,42)36-15-17-43-18-16-36)33-34-30(37)44-21-28(38)32-24-10-8-11-25(20-24)45(39,40)35-27-13-5-4-6-14-31-27/h7-12,19-20,22H,3-6,13-18,21H2,1-2H3,(H,31,35)(H,32,38). The maximum Gasteiger partial charge on any atom is 0.262 e. The summed E-state index contributed by atoms with van der Waals surface area (Å²) < 4.78 is 63.8. The Labute approximate surface area is 274 Å². The Balaban J connectivity index is 1.29. The molecule has 5 rings (SSSR count). The number of anilines is 1. The van der Waals surface area contributed by atoms with Crippen LogP contribution >= 0.6 is 11.8 Å². The molecule has 2 aromatic carbocycles. The topological polar surface area (TPSA) is 165 Å². The third-order valence-corrected chi connectivity index (χ3v) is 12.0. The van der Waals surface area contributed by atoms with Gasteiger partial charge in [-0.3, -0.25) is 19.1 Å². The van der Waals surface area contributed by atoms with Crippen molar-refractivity contribution in [3.63, 3.8) is 0 Å². The lowest BCUT2D eigenvalue weighted by atomic mass is 10.2. The van der Waals surface area contributed by atoms with Gasteiger partial charge in [0.2, 0.25) is 15.9 Å². The van der Waals surface area contributed by atoms with Crippen molar-refractivity contribution in [1.29, 1.82) is 0 Å². The molecule has 0 spiro atoms. The van der Waals surface area contributed by atoms with Gasteiger partial charge in [-0.05, 0) is 56.5 Å². The number of amidine groups is 1. The molecule has 1 saturated heterocycles. The van der Waals surface area contributed by atoms with Crippen LogP contribution in [0.4, 0.5) is 5.69 Å². The second kappa shape index (κ2) is 15.1. The van der Waals surface area contributed by atoms with Gasteiger partial charge in [-0.1, -0.05) is 43.3 Å². The summed E-state index contributed by atoms with van der Waals surface area (Å²) >= 11 is 1.19. The van der Waals surface area contributed by atoms with Crippen LogP contribution in [0.5, 0.6) is 0 Å². The van der Waals surface area contributed by atoms with Gasteiger partial charge in [0.25, 0.3) is 10.0 Å². The number of hydrogen-bond acceptors (Lipinski definition) is 10. The van der Waals surface area contributed by atoms with E-state index in [1.807, 2.05) is 18.4 Å². The van der Waals surface area contributed by atoms with Crippen LogP contribution in [0.1, 0.15) is 52.0 Å². The summed E-state index contributed by atoms with van der Waals surface area (Å²) in [7, 11) is -7.56. The van der Waals surface area contributed by atoms with Crippen molar-refractivity contribution < 1.29 is 26.4 Å². The fourth-order valence-electron chi connectivity index (χ4n) is 5.12. The molecule has 0 aliphatic carbocycles. The number of hydrogen-bond donors (Lipinski definition) is 2. The largest absolute Gasteiger partial charge is 0.379 e. The molecule has 1 unspecified atom stereocenters. The van der Waals surface area contributed by atoms with Gasteiger partial charge in [0.15, 0.2) is 11.0 Å². The van der Waals surface area contributed by atoms with Crippen molar-refractivity contribution >= 4 is 49.2 Å². The van der Waals surface area contributed by atoms with Gasteiger partial charge in [-0.25, -0.2) is 16.8 Å². The number of amides is 1. The molecular weight excluding hydrogens is 651 g/mol. The third-order valence-electron chi connectivity index (χ3n) is 7.78. The lowest BCUT2D eigenvalue weighted by molar-refractivity contribution is -0.113. The third kappa shape index (κ3) is 8.15. The van der Waals surface area contributed by atoms with Gasteiger partial charge < -0.3 is 10.1 Å². The molecule has 3 aromatic rings. The van der Waals surface area contributed by atoms with Crippen molar-refractivity contribution in [3.05, 3.63) is 48.5 Å². The number of aromatic nitrogens is 3. The minimum absolute atomic E-state index is 0.00789. The van der Waals surface area contributed by atoms with Crippen molar-refractivity contribution in [2.75, 3.05) is 43.9 Å². The molecule has 46 heavy (non-hydrogen) atoms. The van der Waals surface area contributed by atoms with Crippen LogP contribution < -0.4 is 10.0 Å². The smallest absolute Gasteiger partial charge is 0.262 e. The van der Waals surface area contributed by atoms with E-state index in [1.165, 1.54) is 28.2 Å². The first kappa shape index (κ1) is 34.0. The molecule has 2 aliphatic rings. The van der Waals surface area contributed by atoms with Crippen molar-refractivity contribution in [2.24, 2.45) is 4.99 Å². The molecule has 1 fully saturated rings. The first-order valence-corrected chi connectivity index (χ1v) is 19.2. The Kier molecular flexibility index (Phi) is 11.1. The average Bonchev–Trinajstić information content (AvgIpc) is 3.33. The summed E-state index contributed by atoms with van der Waals surface area (Å²) in [5.41, 5.74) is 0.943. The number of benzene rings is 2. The SMILES string of the molecule is CCC(C)n1c(SCC(=O)Nc2cccc(S(=O)(=O)NC3=NCCCCC3)c2)nnc1-c1cccc(S(=O)(=O)N2CCOCC2)c1. The molecule has 1 atom stereocenters. The summed E-state index contributed by atoms with van der Waals surface area (Å²) in [6.07, 6.45) is 4.15. The normalized spacial score (nSPS) is 17.1. The predicted octanol–water partition coefficient (Wildman–Crippen LogP) is 3.92. The molecule has 13 nitrogen and oxygen atoms in total. The zero-order chi connectivity index (χ0) is 32.7. The van der Waals surface area contributed by atoms with Crippen molar-refractivity contribution in [3.8, 4) is 11.4 Å². The molecule has 3 heterocycles. The van der Waals surface area contributed by atoms with Crippen LogP contribution in [-0.2, 0) is 29.6 Å². The van der Waals surface area contributed by atoms with Crippen LogP contribution in [0.3, 0.4) is 0 Å². The van der Waals surface area contributed by atoms with Crippen LogP contribution in [0.25, 0.3) is 11.4 Å². The van der Waals surface area contributed by atoms with Gasteiger partial charge in [-0.15, -0.1) is 10.2 Å². The molecule has 0 saturated carbocycles. The van der Waals surface area contributed by atoms with Gasteiger partial charge in [0, 0.05) is 43.3 Å². The molecule has 2 N–H and O–H groups in total. The second-order valence-electron chi connectivity index (χ2n) is 11.1. The molecule has 0 radical (unpaired) electrons. The number of carbonyl (C=O) groups excluding carboxylic acids is 1. The number of nitrogens with zero attached hydrogens (tertiary/aromatic N) is 5. The minimum atomic E-state index is -3.86. The summed E-state index contributed by atoms with van der Waals surface area (Å²) in [6.45, 7) is 5.93. The number of rotatable bonds is 11. The predicted molar refractivity (Wildman–Crippen MR) is 177 cm³/mol. The van der Waals surface area contributed by atoms with Crippen LogP contribution in [0.2, 0.25) is 0 Å². The summed E-state index contributed by atoms with van der Waals surface area (Å²) in [5.74, 6) is 0.601. The maximum absolute atomic E-state index is 13.3. The summed E-state index contributed by atoms with van der Waals surface area (Å²) in [5, 5.41) is 12.0. The van der Waals surface area contributed by atoms with E-state index in [2.05, 4.69) is 25.2 Å². The minimum Gasteiger partial charge on any atom is -0.379 e. The highest BCUT2D eigenvalue weighted by Gasteiger charge is 2.28. The van der Waals surface area contributed by atoms with Gasteiger partial charge >= 0.3 is 0 Å². The number of ether oxygens (including phenoxy) is 1. The zero-order valence-corrected chi connectivity index (χ0v) is 28.3. The van der Waals surface area contributed by atoms with Crippen LogP contribution in [-0.4, -0.2) is 86.2 Å². The Morgan fingerprint density at radius 3 is 2.54 bits per heavy atom. The van der Waals surface area contributed by atoms with E-state index < -0.39 is 20.0 Å². The fourth-order valence-corrected chi connectivity index (χ4v) is 8.55. The molecule has 0 bridgehead atoms. The van der Waals surface area contributed by atoms with Gasteiger partial charge in [0.05, 0.1) is 28.8 Å². The number of thioether (sulfide) groups is 1. The number of carbonyl (C=O) groups is 1. The monoisotopic (exact) mass is 689 g/mol. The second-order valence-corrected chi connectivity index (χ2v) is 15.6. The Hall–Kier alpha value is -3.31. The van der Waals surface area contributed by atoms with E-state index in [0.717, 1.165) is 25.7 Å². The van der Waals surface area contributed by atoms with E-state index in [-0.39, 0.29) is 27.5 Å². The van der Waals surface area contributed by atoms with E-state index in [1.54, 1.807) is 36.4 Å². The molecule has 1 aromatic heterocycles. The van der Waals surface area contributed by atoms with E-state index in [0.29, 0.717) is 67.3 Å². The Morgan fingerprint density at radius 2 is 1.76 bits per heavy atom. The molecule has 248 valence electrons. The number of aliphatic imine (C=N–C) groups is 1.